The zero-order chi connectivity index (χ0) is 19.5. The fourth-order valence-electron chi connectivity index (χ4n) is 3.59. The first-order valence-electron chi connectivity index (χ1n) is 9.65. The molecule has 0 fully saturated rings. The van der Waals surface area contributed by atoms with Crippen molar-refractivity contribution >= 4 is 5.91 Å². The van der Waals surface area contributed by atoms with E-state index in [-0.39, 0.29) is 11.5 Å². The van der Waals surface area contributed by atoms with Gasteiger partial charge in [-0.05, 0) is 64.8 Å². The molecule has 1 aliphatic rings. The molecule has 0 radical (unpaired) electrons. The molecule has 1 aliphatic heterocycles. The summed E-state index contributed by atoms with van der Waals surface area (Å²) < 4.78 is 11.9. The van der Waals surface area contributed by atoms with Crippen molar-refractivity contribution in [1.82, 2.24) is 10.2 Å². The lowest BCUT2D eigenvalue weighted by molar-refractivity contribution is 0.0810. The summed E-state index contributed by atoms with van der Waals surface area (Å²) >= 11 is 0. The minimum atomic E-state index is -0.213. The normalized spacial score (nSPS) is 15.4. The number of benzene rings is 1. The van der Waals surface area contributed by atoms with Crippen LogP contribution in [0.1, 0.15) is 61.2 Å². The zero-order valence-electron chi connectivity index (χ0n) is 17.4. The second-order valence-corrected chi connectivity index (χ2v) is 7.61. The number of fused-ring (bicyclic) bond motifs is 1. The van der Waals surface area contributed by atoms with E-state index in [1.165, 1.54) is 0 Å². The molecule has 146 valence electrons. The lowest BCUT2D eigenvalue weighted by Gasteiger charge is -2.35. The summed E-state index contributed by atoms with van der Waals surface area (Å²) in [7, 11) is 1.63. The third-order valence-electron chi connectivity index (χ3n) is 5.44. The molecule has 5 nitrogen and oxygen atoms in total. The first-order valence-corrected chi connectivity index (χ1v) is 9.65. The number of amides is 1. The molecule has 0 aromatic heterocycles. The predicted octanol–water partition coefficient (Wildman–Crippen LogP) is 3.49. The number of likely N-dealkylation sites (N-methyl/N-ethyl adjacent to an activating group) is 1. The first kappa shape index (κ1) is 20.6. The third-order valence-corrected chi connectivity index (χ3v) is 5.44. The highest BCUT2D eigenvalue weighted by Crippen LogP contribution is 2.43. The molecule has 0 bridgehead atoms. The van der Waals surface area contributed by atoms with Crippen molar-refractivity contribution in [3.63, 3.8) is 0 Å². The molecule has 1 aromatic rings. The van der Waals surface area contributed by atoms with Crippen LogP contribution in [-0.2, 0) is 6.42 Å². The van der Waals surface area contributed by atoms with E-state index < -0.39 is 0 Å². The Labute approximate surface area is 158 Å². The van der Waals surface area contributed by atoms with Crippen LogP contribution in [-0.4, -0.2) is 49.7 Å². The van der Waals surface area contributed by atoms with Gasteiger partial charge in [0.05, 0.1) is 12.7 Å². The first-order chi connectivity index (χ1) is 12.3. The standard InChI is InChI=1S/C21H34N2O3/c1-8-23(9-2)13-12-22-20(24)17-16-10-11-21(5,6)26-18(16)14(3)15(4)19(17)25-7/h8-13H2,1-7H3,(H,22,24). The average molecular weight is 363 g/mol. The third kappa shape index (κ3) is 4.14. The number of ether oxygens (including phenoxy) is 2. The summed E-state index contributed by atoms with van der Waals surface area (Å²) in [5.41, 5.74) is 3.43. The molecular formula is C21H34N2O3. The molecule has 5 heteroatoms. The van der Waals surface area contributed by atoms with E-state index in [0.29, 0.717) is 17.9 Å². The molecule has 1 N–H and O–H groups in total. The Morgan fingerprint density at radius 2 is 1.88 bits per heavy atom. The number of hydrogen-bond donors (Lipinski definition) is 1. The van der Waals surface area contributed by atoms with Crippen molar-refractivity contribution in [2.75, 3.05) is 33.3 Å². The molecule has 0 saturated heterocycles. The van der Waals surface area contributed by atoms with Gasteiger partial charge < -0.3 is 19.7 Å². The number of nitrogens with one attached hydrogen (secondary N) is 1. The second kappa shape index (κ2) is 8.30. The highest BCUT2D eigenvalue weighted by Gasteiger charge is 2.34. The van der Waals surface area contributed by atoms with Crippen molar-refractivity contribution in [2.45, 2.75) is 60.0 Å². The quantitative estimate of drug-likeness (QED) is 0.807. The Hall–Kier alpha value is -1.75. The molecule has 2 rings (SSSR count). The van der Waals surface area contributed by atoms with Crippen LogP contribution < -0.4 is 14.8 Å². The van der Waals surface area contributed by atoms with E-state index in [9.17, 15) is 4.79 Å². The predicted molar refractivity (Wildman–Crippen MR) is 106 cm³/mol. The van der Waals surface area contributed by atoms with Gasteiger partial charge in [0.25, 0.3) is 5.91 Å². The molecule has 0 atom stereocenters. The lowest BCUT2D eigenvalue weighted by atomic mass is 9.87. The number of carbonyl (C=O) groups is 1. The monoisotopic (exact) mass is 362 g/mol. The lowest BCUT2D eigenvalue weighted by Crippen LogP contribution is -2.37. The number of carbonyl (C=O) groups excluding carboxylic acids is 1. The maximum absolute atomic E-state index is 13.0. The minimum absolute atomic E-state index is 0.0725. The van der Waals surface area contributed by atoms with Gasteiger partial charge in [-0.15, -0.1) is 0 Å². The van der Waals surface area contributed by atoms with E-state index in [4.69, 9.17) is 9.47 Å². The molecule has 0 spiro atoms. The highest BCUT2D eigenvalue weighted by molar-refractivity contribution is 6.00. The van der Waals surface area contributed by atoms with E-state index >= 15 is 0 Å². The number of rotatable bonds is 7. The maximum Gasteiger partial charge on any atom is 0.255 e. The topological polar surface area (TPSA) is 50.8 Å². The fourth-order valence-corrected chi connectivity index (χ4v) is 3.59. The maximum atomic E-state index is 13.0. The average Bonchev–Trinajstić information content (AvgIpc) is 2.61. The highest BCUT2D eigenvalue weighted by atomic mass is 16.5. The summed E-state index contributed by atoms with van der Waals surface area (Å²) in [6.45, 7) is 15.9. The second-order valence-electron chi connectivity index (χ2n) is 7.61. The van der Waals surface area contributed by atoms with E-state index in [1.54, 1.807) is 7.11 Å². The molecule has 0 saturated carbocycles. The molecule has 1 amide bonds. The molecule has 1 heterocycles. The van der Waals surface area contributed by atoms with Crippen LogP contribution in [0.15, 0.2) is 0 Å². The van der Waals surface area contributed by atoms with E-state index in [0.717, 1.165) is 54.9 Å². The Kier molecular flexibility index (Phi) is 6.56. The van der Waals surface area contributed by atoms with Crippen molar-refractivity contribution in [1.29, 1.82) is 0 Å². The SMILES string of the molecule is CCN(CC)CCNC(=O)c1c2c(c(C)c(C)c1OC)OC(C)(C)CC2. The van der Waals surface area contributed by atoms with Gasteiger partial charge in [0.1, 0.15) is 17.1 Å². The Morgan fingerprint density at radius 3 is 2.46 bits per heavy atom. The smallest absolute Gasteiger partial charge is 0.255 e. The molecular weight excluding hydrogens is 328 g/mol. The Balaban J connectivity index is 2.35. The van der Waals surface area contributed by atoms with Crippen LogP contribution in [0.25, 0.3) is 0 Å². The summed E-state index contributed by atoms with van der Waals surface area (Å²) in [6, 6.07) is 0. The summed E-state index contributed by atoms with van der Waals surface area (Å²) in [4.78, 5) is 15.3. The molecule has 0 aliphatic carbocycles. The van der Waals surface area contributed by atoms with Crippen LogP contribution in [0.4, 0.5) is 0 Å². The van der Waals surface area contributed by atoms with Crippen molar-refractivity contribution in [3.05, 3.63) is 22.3 Å². The van der Waals surface area contributed by atoms with Gasteiger partial charge in [0.15, 0.2) is 0 Å². The number of methoxy groups -OCH3 is 1. The van der Waals surface area contributed by atoms with Gasteiger partial charge in [-0.2, -0.15) is 0 Å². The summed E-state index contributed by atoms with van der Waals surface area (Å²) in [6.07, 6.45) is 1.70. The van der Waals surface area contributed by atoms with Gasteiger partial charge in [-0.1, -0.05) is 13.8 Å². The number of nitrogens with zero attached hydrogens (tertiary/aromatic N) is 1. The number of hydrogen-bond acceptors (Lipinski definition) is 4. The Morgan fingerprint density at radius 1 is 1.23 bits per heavy atom. The van der Waals surface area contributed by atoms with Crippen LogP contribution in [0.2, 0.25) is 0 Å². The molecule has 26 heavy (non-hydrogen) atoms. The Bertz CT molecular complexity index is 664. The van der Waals surface area contributed by atoms with Gasteiger partial charge in [-0.3, -0.25) is 4.79 Å². The molecule has 1 aromatic carbocycles. The van der Waals surface area contributed by atoms with Crippen LogP contribution in [0.5, 0.6) is 11.5 Å². The van der Waals surface area contributed by atoms with Gasteiger partial charge in [-0.25, -0.2) is 0 Å². The fraction of sp³-hybridized carbons (Fsp3) is 0.667. The van der Waals surface area contributed by atoms with Crippen LogP contribution in [0.3, 0.4) is 0 Å². The van der Waals surface area contributed by atoms with Gasteiger partial charge in [0, 0.05) is 18.7 Å². The van der Waals surface area contributed by atoms with E-state index in [1.807, 2.05) is 13.8 Å². The van der Waals surface area contributed by atoms with Gasteiger partial charge >= 0.3 is 0 Å². The van der Waals surface area contributed by atoms with Crippen molar-refractivity contribution in [3.8, 4) is 11.5 Å². The van der Waals surface area contributed by atoms with Crippen LogP contribution in [0, 0.1) is 13.8 Å². The van der Waals surface area contributed by atoms with E-state index in [2.05, 4.69) is 37.9 Å². The largest absolute Gasteiger partial charge is 0.496 e. The molecule has 0 unspecified atom stereocenters. The van der Waals surface area contributed by atoms with Crippen molar-refractivity contribution < 1.29 is 14.3 Å². The van der Waals surface area contributed by atoms with Crippen molar-refractivity contribution in [2.24, 2.45) is 0 Å². The van der Waals surface area contributed by atoms with Crippen LogP contribution >= 0.6 is 0 Å². The minimum Gasteiger partial charge on any atom is -0.496 e. The summed E-state index contributed by atoms with van der Waals surface area (Å²) in [5.74, 6) is 1.45. The van der Waals surface area contributed by atoms with Gasteiger partial charge in [0.2, 0.25) is 0 Å². The summed E-state index contributed by atoms with van der Waals surface area (Å²) in [5, 5.41) is 3.07. The zero-order valence-corrected chi connectivity index (χ0v) is 17.4.